The number of aryl methyl sites for hydroxylation is 1. The van der Waals surface area contributed by atoms with Crippen molar-refractivity contribution in [1.82, 2.24) is 0 Å². The highest BCUT2D eigenvalue weighted by molar-refractivity contribution is 5.55. The first kappa shape index (κ1) is 13.2. The van der Waals surface area contributed by atoms with Crippen LogP contribution in [0.15, 0.2) is 48.5 Å². The van der Waals surface area contributed by atoms with Crippen LogP contribution in [0.4, 0.5) is 5.69 Å². The molecule has 104 valence electrons. The number of hydrogen-bond donors (Lipinski definition) is 1. The third kappa shape index (κ3) is 2.58. The fourth-order valence-electron chi connectivity index (χ4n) is 2.90. The average Bonchev–Trinajstić information content (AvgIpc) is 2.46. The quantitative estimate of drug-likeness (QED) is 0.758. The molecule has 0 amide bonds. The molecule has 0 unspecified atom stereocenters. The molecule has 1 N–H and O–H groups in total. The maximum absolute atomic E-state index is 3.67. The Morgan fingerprint density at radius 3 is 2.35 bits per heavy atom. The molecule has 0 saturated carbocycles. The van der Waals surface area contributed by atoms with Gasteiger partial charge in [0.1, 0.15) is 0 Å². The second-order valence-corrected chi connectivity index (χ2v) is 6.76. The van der Waals surface area contributed by atoms with Crippen LogP contribution in [0.25, 0.3) is 0 Å². The van der Waals surface area contributed by atoms with Gasteiger partial charge in [0, 0.05) is 5.69 Å². The highest BCUT2D eigenvalue weighted by atomic mass is 14.9. The summed E-state index contributed by atoms with van der Waals surface area (Å²) in [7, 11) is 0. The minimum atomic E-state index is 0.227. The Morgan fingerprint density at radius 2 is 1.65 bits per heavy atom. The topological polar surface area (TPSA) is 12.0 Å². The largest absolute Gasteiger partial charge is 0.378 e. The molecule has 20 heavy (non-hydrogen) atoms. The standard InChI is InChI=1S/C19H23N/c1-19(2,3)16-11-8-15(9-12-16)18-13-10-14-6-4-5-7-17(14)20-18/h4-9,11-12,18,20H,10,13H2,1-3H3/t18-/m1/s1. The summed E-state index contributed by atoms with van der Waals surface area (Å²) < 4.78 is 0. The van der Waals surface area contributed by atoms with Gasteiger partial charge in [0.25, 0.3) is 0 Å². The fourth-order valence-corrected chi connectivity index (χ4v) is 2.90. The molecule has 2 aromatic rings. The van der Waals surface area contributed by atoms with E-state index < -0.39 is 0 Å². The van der Waals surface area contributed by atoms with E-state index >= 15 is 0 Å². The van der Waals surface area contributed by atoms with Crippen molar-refractivity contribution in [2.24, 2.45) is 0 Å². The van der Waals surface area contributed by atoms with Gasteiger partial charge in [-0.25, -0.2) is 0 Å². The molecule has 0 saturated heterocycles. The predicted octanol–water partition coefficient (Wildman–Crippen LogP) is 5.08. The van der Waals surface area contributed by atoms with Crippen LogP contribution < -0.4 is 5.32 Å². The van der Waals surface area contributed by atoms with E-state index in [-0.39, 0.29) is 5.41 Å². The van der Waals surface area contributed by atoms with Crippen LogP contribution in [0.3, 0.4) is 0 Å². The summed E-state index contributed by atoms with van der Waals surface area (Å²) in [6.07, 6.45) is 2.33. The van der Waals surface area contributed by atoms with Crippen molar-refractivity contribution in [1.29, 1.82) is 0 Å². The summed E-state index contributed by atoms with van der Waals surface area (Å²) in [5.41, 5.74) is 5.76. The maximum atomic E-state index is 3.67. The molecule has 3 rings (SSSR count). The third-order valence-corrected chi connectivity index (χ3v) is 4.23. The van der Waals surface area contributed by atoms with Gasteiger partial charge < -0.3 is 5.32 Å². The molecule has 1 nitrogen and oxygen atoms in total. The van der Waals surface area contributed by atoms with Crippen LogP contribution in [-0.4, -0.2) is 0 Å². The van der Waals surface area contributed by atoms with E-state index in [9.17, 15) is 0 Å². The minimum absolute atomic E-state index is 0.227. The van der Waals surface area contributed by atoms with E-state index in [1.54, 1.807) is 0 Å². The first-order valence-electron chi connectivity index (χ1n) is 7.49. The first-order valence-corrected chi connectivity index (χ1v) is 7.49. The number of benzene rings is 2. The highest BCUT2D eigenvalue weighted by Gasteiger charge is 2.19. The lowest BCUT2D eigenvalue weighted by Crippen LogP contribution is -2.18. The highest BCUT2D eigenvalue weighted by Crippen LogP contribution is 2.33. The SMILES string of the molecule is CC(C)(C)c1ccc([C@H]2CCc3ccccc3N2)cc1. The molecule has 0 aromatic heterocycles. The second-order valence-electron chi connectivity index (χ2n) is 6.76. The van der Waals surface area contributed by atoms with Crippen molar-refractivity contribution in [3.8, 4) is 0 Å². The summed E-state index contributed by atoms with van der Waals surface area (Å²) >= 11 is 0. The number of rotatable bonds is 1. The molecule has 1 atom stereocenters. The van der Waals surface area contributed by atoms with Gasteiger partial charge in [0.05, 0.1) is 6.04 Å². The van der Waals surface area contributed by atoms with Gasteiger partial charge in [-0.3, -0.25) is 0 Å². The van der Waals surface area contributed by atoms with E-state index in [1.165, 1.54) is 28.8 Å². The van der Waals surface area contributed by atoms with E-state index in [0.29, 0.717) is 6.04 Å². The molecule has 1 heteroatoms. The van der Waals surface area contributed by atoms with Crippen LogP contribution >= 0.6 is 0 Å². The lowest BCUT2D eigenvalue weighted by molar-refractivity contribution is 0.589. The molecule has 1 heterocycles. The molecule has 0 radical (unpaired) electrons. The Kier molecular flexibility index (Phi) is 3.29. The lowest BCUT2D eigenvalue weighted by atomic mass is 9.85. The number of anilines is 1. The Bertz CT molecular complexity index is 590. The zero-order valence-corrected chi connectivity index (χ0v) is 12.6. The number of nitrogens with one attached hydrogen (secondary N) is 1. The summed E-state index contributed by atoms with van der Waals surface area (Å²) in [6.45, 7) is 6.78. The van der Waals surface area contributed by atoms with Crippen molar-refractivity contribution in [2.75, 3.05) is 5.32 Å². The Balaban J connectivity index is 1.81. The van der Waals surface area contributed by atoms with Crippen molar-refractivity contribution in [3.05, 3.63) is 65.2 Å². The smallest absolute Gasteiger partial charge is 0.0517 e. The van der Waals surface area contributed by atoms with Gasteiger partial charge in [-0.1, -0.05) is 63.2 Å². The monoisotopic (exact) mass is 265 g/mol. The van der Waals surface area contributed by atoms with Gasteiger partial charge in [-0.2, -0.15) is 0 Å². The fraction of sp³-hybridized carbons (Fsp3) is 0.368. The molecular formula is C19H23N. The van der Waals surface area contributed by atoms with Gasteiger partial charge in [0.15, 0.2) is 0 Å². The van der Waals surface area contributed by atoms with Gasteiger partial charge in [-0.05, 0) is 41.0 Å². The van der Waals surface area contributed by atoms with Gasteiger partial charge in [0.2, 0.25) is 0 Å². The van der Waals surface area contributed by atoms with Crippen LogP contribution in [0.2, 0.25) is 0 Å². The normalized spacial score (nSPS) is 18.2. The van der Waals surface area contributed by atoms with Crippen molar-refractivity contribution in [3.63, 3.8) is 0 Å². The molecule has 2 aromatic carbocycles. The zero-order valence-electron chi connectivity index (χ0n) is 12.6. The third-order valence-electron chi connectivity index (χ3n) is 4.23. The number of para-hydroxylation sites is 1. The number of fused-ring (bicyclic) bond motifs is 1. The van der Waals surface area contributed by atoms with E-state index in [4.69, 9.17) is 0 Å². The molecule has 0 bridgehead atoms. The van der Waals surface area contributed by atoms with Crippen molar-refractivity contribution >= 4 is 5.69 Å². The maximum Gasteiger partial charge on any atom is 0.0517 e. The first-order chi connectivity index (χ1) is 9.54. The molecule has 1 aliphatic rings. The number of hydrogen-bond acceptors (Lipinski definition) is 1. The Labute approximate surface area is 122 Å². The predicted molar refractivity (Wildman–Crippen MR) is 86.3 cm³/mol. The van der Waals surface area contributed by atoms with Crippen molar-refractivity contribution in [2.45, 2.75) is 45.1 Å². The van der Waals surface area contributed by atoms with E-state index in [1.807, 2.05) is 0 Å². The average molecular weight is 265 g/mol. The lowest BCUT2D eigenvalue weighted by Gasteiger charge is -2.28. The van der Waals surface area contributed by atoms with Gasteiger partial charge in [-0.15, -0.1) is 0 Å². The van der Waals surface area contributed by atoms with Crippen molar-refractivity contribution < 1.29 is 0 Å². The van der Waals surface area contributed by atoms with Crippen LogP contribution in [-0.2, 0) is 11.8 Å². The van der Waals surface area contributed by atoms with E-state index in [2.05, 4.69) is 74.6 Å². The van der Waals surface area contributed by atoms with Crippen LogP contribution in [0, 0.1) is 0 Å². The molecule has 0 spiro atoms. The molecule has 0 aliphatic carbocycles. The summed E-state index contributed by atoms with van der Waals surface area (Å²) in [5, 5.41) is 3.67. The molecular weight excluding hydrogens is 242 g/mol. The Hall–Kier alpha value is -1.76. The van der Waals surface area contributed by atoms with Gasteiger partial charge >= 0.3 is 0 Å². The molecule has 0 fully saturated rings. The zero-order chi connectivity index (χ0) is 14.2. The molecule has 1 aliphatic heterocycles. The summed E-state index contributed by atoms with van der Waals surface area (Å²) in [6, 6.07) is 18.2. The van der Waals surface area contributed by atoms with Crippen LogP contribution in [0.5, 0.6) is 0 Å². The van der Waals surface area contributed by atoms with Crippen LogP contribution in [0.1, 0.15) is 49.9 Å². The second kappa shape index (κ2) is 4.97. The Morgan fingerprint density at radius 1 is 0.950 bits per heavy atom. The van der Waals surface area contributed by atoms with E-state index in [0.717, 1.165) is 6.42 Å². The minimum Gasteiger partial charge on any atom is -0.378 e. The summed E-state index contributed by atoms with van der Waals surface area (Å²) in [5.74, 6) is 0. The summed E-state index contributed by atoms with van der Waals surface area (Å²) in [4.78, 5) is 0.